The third-order valence-corrected chi connectivity index (χ3v) is 9.39. The number of nitrogens with one attached hydrogen (secondary N) is 2. The Balaban J connectivity index is 1.33. The quantitative estimate of drug-likeness (QED) is 0.534. The molecular weight excluding hydrogens is 495 g/mol. The van der Waals surface area contributed by atoms with Gasteiger partial charge < -0.3 is 11.1 Å². The summed E-state index contributed by atoms with van der Waals surface area (Å²) in [6.45, 7) is 0. The van der Waals surface area contributed by atoms with E-state index in [0.717, 1.165) is 31.4 Å². The SMILES string of the molecule is NC(=O)C12CC3CC(C1)C(NC(=O)c1cccc(NS(=O)(=O)c4ccccc4C(F)(F)F)c1)C(C3)C2. The van der Waals surface area contributed by atoms with Gasteiger partial charge in [-0.2, -0.15) is 13.2 Å². The lowest BCUT2D eigenvalue weighted by Gasteiger charge is -2.58. The number of rotatable bonds is 6. The summed E-state index contributed by atoms with van der Waals surface area (Å²) < 4.78 is 67.7. The fraction of sp³-hybridized carbons (Fsp3) is 0.440. The fourth-order valence-corrected chi connectivity index (χ4v) is 7.94. The van der Waals surface area contributed by atoms with E-state index in [1.54, 1.807) is 0 Å². The van der Waals surface area contributed by atoms with Crippen LogP contribution in [0, 0.1) is 23.2 Å². The van der Waals surface area contributed by atoms with Gasteiger partial charge in [0.1, 0.15) is 0 Å². The van der Waals surface area contributed by atoms with E-state index in [0.29, 0.717) is 24.8 Å². The van der Waals surface area contributed by atoms with E-state index >= 15 is 0 Å². The zero-order valence-corrected chi connectivity index (χ0v) is 20.0. The first kappa shape index (κ1) is 24.6. The number of primary amides is 1. The van der Waals surface area contributed by atoms with Gasteiger partial charge >= 0.3 is 6.18 Å². The van der Waals surface area contributed by atoms with Crippen LogP contribution in [0.3, 0.4) is 0 Å². The summed E-state index contributed by atoms with van der Waals surface area (Å²) in [4.78, 5) is 24.3. The monoisotopic (exact) mass is 521 g/mol. The van der Waals surface area contributed by atoms with Gasteiger partial charge in [-0.3, -0.25) is 14.3 Å². The van der Waals surface area contributed by atoms with E-state index in [1.807, 2.05) is 0 Å². The summed E-state index contributed by atoms with van der Waals surface area (Å²) >= 11 is 0. The number of carbonyl (C=O) groups excluding carboxylic acids is 2. The molecule has 2 amide bonds. The van der Waals surface area contributed by atoms with E-state index in [-0.39, 0.29) is 35.0 Å². The average Bonchev–Trinajstić information content (AvgIpc) is 2.80. The van der Waals surface area contributed by atoms with Crippen LogP contribution in [-0.2, 0) is 21.0 Å². The second-order valence-electron chi connectivity index (χ2n) is 10.3. The molecule has 2 atom stereocenters. The minimum absolute atomic E-state index is 0.0302. The minimum Gasteiger partial charge on any atom is -0.369 e. The molecular formula is C25H26F3N3O4S. The summed E-state index contributed by atoms with van der Waals surface area (Å²) in [7, 11) is -4.57. The van der Waals surface area contributed by atoms with Gasteiger partial charge in [0.05, 0.1) is 10.5 Å². The number of amides is 2. The molecule has 4 saturated carbocycles. The molecule has 11 heteroatoms. The van der Waals surface area contributed by atoms with Gasteiger partial charge in [-0.1, -0.05) is 18.2 Å². The average molecular weight is 522 g/mol. The van der Waals surface area contributed by atoms with Crippen molar-refractivity contribution in [3.05, 3.63) is 59.7 Å². The van der Waals surface area contributed by atoms with Crippen LogP contribution in [0.4, 0.5) is 18.9 Å². The van der Waals surface area contributed by atoms with Crippen LogP contribution in [-0.4, -0.2) is 26.3 Å². The number of halogens is 3. The molecule has 6 rings (SSSR count). The lowest BCUT2D eigenvalue weighted by molar-refractivity contribution is -0.145. The van der Waals surface area contributed by atoms with Crippen molar-refractivity contribution < 1.29 is 31.2 Å². The van der Waals surface area contributed by atoms with Crippen LogP contribution >= 0.6 is 0 Å². The van der Waals surface area contributed by atoms with Gasteiger partial charge in [0.15, 0.2) is 0 Å². The standard InChI is InChI=1S/C25H26F3N3O4S/c26-25(27,28)19-6-1-2-7-20(19)36(34,35)31-18-5-3-4-15(10-18)22(32)30-21-16-8-14-9-17(21)13-24(11-14,12-16)23(29)33/h1-7,10,14,16-17,21,31H,8-9,11-13H2,(H2,29,33)(H,30,32). The Hall–Kier alpha value is -3.08. The van der Waals surface area contributed by atoms with Crippen molar-refractivity contribution in [3.63, 3.8) is 0 Å². The summed E-state index contributed by atoms with van der Waals surface area (Å²) in [5.74, 6) is 0.0538. The van der Waals surface area contributed by atoms with E-state index in [4.69, 9.17) is 5.73 Å². The highest BCUT2D eigenvalue weighted by Crippen LogP contribution is 2.59. The second kappa shape index (κ2) is 8.50. The van der Waals surface area contributed by atoms with Gasteiger partial charge in [-0.25, -0.2) is 8.42 Å². The zero-order valence-electron chi connectivity index (χ0n) is 19.2. The van der Waals surface area contributed by atoms with Gasteiger partial charge in [0.2, 0.25) is 5.91 Å². The number of carbonyl (C=O) groups is 2. The predicted octanol–water partition coefficient (Wildman–Crippen LogP) is 3.92. The Labute approximate surface area is 206 Å². The maximum atomic E-state index is 13.3. The first-order valence-corrected chi connectivity index (χ1v) is 13.3. The Bertz CT molecular complexity index is 1310. The van der Waals surface area contributed by atoms with Crippen molar-refractivity contribution >= 4 is 27.5 Å². The van der Waals surface area contributed by atoms with Crippen molar-refractivity contribution in [2.75, 3.05) is 4.72 Å². The molecule has 4 aliphatic rings. The lowest BCUT2D eigenvalue weighted by atomic mass is 9.47. The number of sulfonamides is 1. The minimum atomic E-state index is -4.85. The maximum Gasteiger partial charge on any atom is 0.417 e. The smallest absolute Gasteiger partial charge is 0.369 e. The van der Waals surface area contributed by atoms with Crippen LogP contribution in [0.15, 0.2) is 53.4 Å². The van der Waals surface area contributed by atoms with Crippen molar-refractivity contribution in [2.45, 2.75) is 49.2 Å². The molecule has 2 aromatic carbocycles. The molecule has 4 fully saturated rings. The highest BCUT2D eigenvalue weighted by Gasteiger charge is 2.58. The van der Waals surface area contributed by atoms with Crippen LogP contribution in [0.5, 0.6) is 0 Å². The molecule has 0 heterocycles. The fourth-order valence-electron chi connectivity index (χ4n) is 6.67. The molecule has 0 spiro atoms. The van der Waals surface area contributed by atoms with Crippen molar-refractivity contribution in [1.29, 1.82) is 0 Å². The Morgan fingerprint density at radius 2 is 1.64 bits per heavy atom. The first-order valence-electron chi connectivity index (χ1n) is 11.8. The number of anilines is 1. The van der Waals surface area contributed by atoms with Crippen molar-refractivity contribution in [1.82, 2.24) is 5.32 Å². The van der Waals surface area contributed by atoms with Crippen molar-refractivity contribution in [2.24, 2.45) is 28.9 Å². The molecule has 7 nitrogen and oxygen atoms in total. The van der Waals surface area contributed by atoms with Gasteiger partial charge in [-0.15, -0.1) is 0 Å². The number of hydrogen-bond donors (Lipinski definition) is 3. The van der Waals surface area contributed by atoms with Crippen molar-refractivity contribution in [3.8, 4) is 0 Å². The van der Waals surface area contributed by atoms with Crippen LogP contribution in [0.2, 0.25) is 0 Å². The topological polar surface area (TPSA) is 118 Å². The Morgan fingerprint density at radius 3 is 2.28 bits per heavy atom. The first-order chi connectivity index (χ1) is 16.9. The molecule has 0 aliphatic heterocycles. The molecule has 0 saturated heterocycles. The number of hydrogen-bond acceptors (Lipinski definition) is 4. The zero-order chi connectivity index (χ0) is 25.9. The third kappa shape index (κ3) is 4.33. The molecule has 2 aromatic rings. The largest absolute Gasteiger partial charge is 0.417 e. The second-order valence-corrected chi connectivity index (χ2v) is 11.9. The van der Waals surface area contributed by atoms with Crippen LogP contribution < -0.4 is 15.8 Å². The molecule has 4 bridgehead atoms. The Morgan fingerprint density at radius 1 is 0.972 bits per heavy atom. The molecule has 4 aliphatic carbocycles. The normalized spacial score (nSPS) is 29.1. The molecule has 4 N–H and O–H groups in total. The summed E-state index contributed by atoms with van der Waals surface area (Å²) in [6.07, 6.45) is -0.879. The Kier molecular flexibility index (Phi) is 5.81. The van der Waals surface area contributed by atoms with E-state index in [2.05, 4.69) is 10.0 Å². The summed E-state index contributed by atoms with van der Waals surface area (Å²) in [6, 6.07) is 9.43. The maximum absolute atomic E-state index is 13.3. The molecule has 192 valence electrons. The third-order valence-electron chi connectivity index (χ3n) is 7.95. The van der Waals surface area contributed by atoms with E-state index in [9.17, 15) is 31.2 Å². The highest BCUT2D eigenvalue weighted by molar-refractivity contribution is 7.92. The molecule has 0 aromatic heterocycles. The predicted molar refractivity (Wildman–Crippen MR) is 125 cm³/mol. The van der Waals surface area contributed by atoms with Gasteiger partial charge in [0, 0.05) is 22.7 Å². The van der Waals surface area contributed by atoms with Crippen LogP contribution in [0.1, 0.15) is 48.0 Å². The van der Waals surface area contributed by atoms with Gasteiger partial charge in [-0.05, 0) is 80.2 Å². The highest BCUT2D eigenvalue weighted by atomic mass is 32.2. The van der Waals surface area contributed by atoms with Crippen LogP contribution in [0.25, 0.3) is 0 Å². The van der Waals surface area contributed by atoms with E-state index < -0.39 is 38.0 Å². The van der Waals surface area contributed by atoms with Gasteiger partial charge in [0.25, 0.3) is 15.9 Å². The summed E-state index contributed by atoms with van der Waals surface area (Å²) in [5, 5.41) is 3.07. The molecule has 0 radical (unpaired) electrons. The molecule has 2 unspecified atom stereocenters. The number of alkyl halides is 3. The number of benzene rings is 2. The summed E-state index contributed by atoms with van der Waals surface area (Å²) in [5.41, 5.74) is 4.12. The number of nitrogens with two attached hydrogens (primary N) is 1. The van der Waals surface area contributed by atoms with E-state index in [1.165, 1.54) is 30.3 Å². The molecule has 36 heavy (non-hydrogen) atoms. The lowest BCUT2D eigenvalue weighted by Crippen LogP contribution is -2.62.